The molecule has 0 radical (unpaired) electrons. The summed E-state index contributed by atoms with van der Waals surface area (Å²) in [6.07, 6.45) is 1.95. The maximum absolute atomic E-state index is 6.39. The van der Waals surface area contributed by atoms with Gasteiger partial charge in [0.05, 0.1) is 5.69 Å². The van der Waals surface area contributed by atoms with Crippen LogP contribution in [0.2, 0.25) is 0 Å². The number of hydrogen-bond donors (Lipinski definition) is 0. The third-order valence-electron chi connectivity index (χ3n) is 10.3. The lowest BCUT2D eigenvalue weighted by Gasteiger charge is -2.26. The van der Waals surface area contributed by atoms with Gasteiger partial charge >= 0.3 is 0 Å². The van der Waals surface area contributed by atoms with Crippen LogP contribution in [-0.2, 0) is 0 Å². The highest BCUT2D eigenvalue weighted by atomic mass is 16.3. The fourth-order valence-corrected chi connectivity index (χ4v) is 7.75. The first-order valence-corrected chi connectivity index (χ1v) is 17.2. The van der Waals surface area contributed by atoms with E-state index in [2.05, 4.69) is 138 Å². The van der Waals surface area contributed by atoms with Crippen LogP contribution in [0.5, 0.6) is 0 Å². The van der Waals surface area contributed by atoms with Gasteiger partial charge in [0.25, 0.3) is 0 Å². The summed E-state index contributed by atoms with van der Waals surface area (Å²) in [5.74, 6) is 0. The Balaban J connectivity index is 1.07. The van der Waals surface area contributed by atoms with Crippen molar-refractivity contribution in [3.05, 3.63) is 170 Å². The van der Waals surface area contributed by atoms with Crippen molar-refractivity contribution in [2.24, 2.45) is 0 Å². The van der Waals surface area contributed by atoms with Gasteiger partial charge in [-0.25, -0.2) is 0 Å². The summed E-state index contributed by atoms with van der Waals surface area (Å²) in [5, 5.41) is 11.3. The van der Waals surface area contributed by atoms with E-state index in [4.69, 9.17) is 13.8 Å². The Labute approximate surface area is 292 Å². The van der Waals surface area contributed by atoms with Gasteiger partial charge < -0.3 is 13.7 Å². The largest absolute Gasteiger partial charge is 0.455 e. The number of aromatic nitrogens is 1. The van der Waals surface area contributed by atoms with E-state index in [1.165, 1.54) is 5.39 Å². The number of para-hydroxylation sites is 2. The lowest BCUT2D eigenvalue weighted by molar-refractivity contribution is 0.672. The molecule has 4 nitrogen and oxygen atoms in total. The minimum absolute atomic E-state index is 0.904. The standard InChI is InChI=1S/C47H28N2O2/c1-2-8-33-28-48-43(27-30(33)7-1)29-13-17-34(18-14-29)49(35-19-23-37-31(25-35)15-21-41-39-9-3-5-11-44(39)50-46(37)41)36-20-24-38-32(26-36)16-22-42-40-10-4-6-12-45(40)51-47(38)42/h1-28H. The third-order valence-corrected chi connectivity index (χ3v) is 10.3. The number of furan rings is 2. The molecule has 0 unspecified atom stereocenters. The first-order chi connectivity index (χ1) is 25.2. The lowest BCUT2D eigenvalue weighted by Crippen LogP contribution is -2.10. The first kappa shape index (κ1) is 28.0. The van der Waals surface area contributed by atoms with Crippen LogP contribution in [0.25, 0.3) is 87.5 Å². The van der Waals surface area contributed by atoms with E-state index in [1.54, 1.807) is 0 Å². The van der Waals surface area contributed by atoms with E-state index < -0.39 is 0 Å². The molecule has 3 aromatic heterocycles. The SMILES string of the molecule is c1ccc2cc(-c3ccc(N(c4ccc5c(ccc6c7ccccc7oc56)c4)c4ccc5c(ccc6c7ccccc7oc56)c4)cc3)ncc2c1. The van der Waals surface area contributed by atoms with Crippen molar-refractivity contribution in [1.29, 1.82) is 0 Å². The maximum atomic E-state index is 6.39. The molecule has 0 fully saturated rings. The van der Waals surface area contributed by atoms with Crippen LogP contribution in [0.15, 0.2) is 179 Å². The Kier molecular flexibility index (Phi) is 5.92. The van der Waals surface area contributed by atoms with Crippen molar-refractivity contribution in [2.75, 3.05) is 4.90 Å². The van der Waals surface area contributed by atoms with E-state index in [-0.39, 0.29) is 0 Å². The number of pyridine rings is 1. The second-order valence-corrected chi connectivity index (χ2v) is 13.2. The molecule has 0 N–H and O–H groups in total. The number of fused-ring (bicyclic) bond motifs is 11. The first-order valence-electron chi connectivity index (χ1n) is 17.2. The van der Waals surface area contributed by atoms with Gasteiger partial charge in [-0.1, -0.05) is 84.9 Å². The molecule has 0 saturated heterocycles. The smallest absolute Gasteiger partial charge is 0.143 e. The minimum Gasteiger partial charge on any atom is -0.455 e. The summed E-state index contributed by atoms with van der Waals surface area (Å²) in [7, 11) is 0. The van der Waals surface area contributed by atoms with Gasteiger partial charge in [0.1, 0.15) is 22.3 Å². The monoisotopic (exact) mass is 652 g/mol. The van der Waals surface area contributed by atoms with Crippen LogP contribution in [-0.4, -0.2) is 4.98 Å². The van der Waals surface area contributed by atoms with Crippen LogP contribution in [0.4, 0.5) is 17.1 Å². The third kappa shape index (κ3) is 4.37. The van der Waals surface area contributed by atoms with Crippen LogP contribution >= 0.6 is 0 Å². The number of nitrogens with zero attached hydrogens (tertiary/aromatic N) is 2. The van der Waals surface area contributed by atoms with Crippen LogP contribution in [0.3, 0.4) is 0 Å². The molecular weight excluding hydrogens is 625 g/mol. The zero-order valence-corrected chi connectivity index (χ0v) is 27.4. The summed E-state index contributed by atoms with van der Waals surface area (Å²) in [6.45, 7) is 0. The zero-order chi connectivity index (χ0) is 33.5. The highest BCUT2D eigenvalue weighted by Gasteiger charge is 2.18. The molecule has 0 aliphatic carbocycles. The molecule has 3 heterocycles. The van der Waals surface area contributed by atoms with Crippen LogP contribution in [0.1, 0.15) is 0 Å². The lowest BCUT2D eigenvalue weighted by atomic mass is 10.0. The Morgan fingerprint density at radius 1 is 0.373 bits per heavy atom. The van der Waals surface area contributed by atoms with Crippen LogP contribution in [0, 0.1) is 0 Å². The van der Waals surface area contributed by atoms with E-state index in [1.807, 2.05) is 36.5 Å². The topological polar surface area (TPSA) is 42.4 Å². The number of benzene rings is 8. The van der Waals surface area contributed by atoms with E-state index in [9.17, 15) is 0 Å². The Morgan fingerprint density at radius 2 is 0.882 bits per heavy atom. The highest BCUT2D eigenvalue weighted by Crippen LogP contribution is 2.42. The molecule has 0 bridgehead atoms. The second-order valence-electron chi connectivity index (χ2n) is 13.2. The molecular formula is C47H28N2O2. The number of hydrogen-bond acceptors (Lipinski definition) is 4. The Morgan fingerprint density at radius 3 is 1.49 bits per heavy atom. The minimum atomic E-state index is 0.904. The van der Waals surface area contributed by atoms with Gasteiger partial charge in [-0.3, -0.25) is 4.98 Å². The second kappa shape index (κ2) is 10.8. The number of rotatable bonds is 4. The van der Waals surface area contributed by atoms with Gasteiger partial charge in [0, 0.05) is 66.5 Å². The molecule has 51 heavy (non-hydrogen) atoms. The van der Waals surface area contributed by atoms with Crippen molar-refractivity contribution in [2.45, 2.75) is 0 Å². The van der Waals surface area contributed by atoms with Crippen molar-refractivity contribution in [3.8, 4) is 11.3 Å². The molecule has 0 amide bonds. The zero-order valence-electron chi connectivity index (χ0n) is 27.4. The molecule has 0 saturated carbocycles. The summed E-state index contributed by atoms with van der Waals surface area (Å²) in [5.41, 5.74) is 8.82. The van der Waals surface area contributed by atoms with Gasteiger partial charge in [0.2, 0.25) is 0 Å². The summed E-state index contributed by atoms with van der Waals surface area (Å²) in [4.78, 5) is 7.11. The molecule has 4 heteroatoms. The molecule has 0 aliphatic heterocycles. The van der Waals surface area contributed by atoms with E-state index in [0.29, 0.717) is 0 Å². The predicted molar refractivity (Wildman–Crippen MR) is 211 cm³/mol. The summed E-state index contributed by atoms with van der Waals surface area (Å²) < 4.78 is 12.8. The Bertz CT molecular complexity index is 3000. The molecule has 8 aromatic carbocycles. The molecule has 0 atom stereocenters. The van der Waals surface area contributed by atoms with Crippen molar-refractivity contribution in [3.63, 3.8) is 0 Å². The summed E-state index contributed by atoms with van der Waals surface area (Å²) >= 11 is 0. The molecule has 0 aliphatic rings. The Hall–Kier alpha value is -6.91. The molecule has 11 aromatic rings. The van der Waals surface area contributed by atoms with Gasteiger partial charge in [0.15, 0.2) is 0 Å². The quantitative estimate of drug-likeness (QED) is 0.190. The van der Waals surface area contributed by atoms with E-state index in [0.717, 1.165) is 99.1 Å². The molecule has 0 spiro atoms. The van der Waals surface area contributed by atoms with Gasteiger partial charge in [-0.2, -0.15) is 0 Å². The number of anilines is 3. The van der Waals surface area contributed by atoms with Gasteiger partial charge in [-0.15, -0.1) is 0 Å². The van der Waals surface area contributed by atoms with Crippen molar-refractivity contribution in [1.82, 2.24) is 4.98 Å². The van der Waals surface area contributed by atoms with E-state index >= 15 is 0 Å². The van der Waals surface area contributed by atoms with Gasteiger partial charge in [-0.05, 0) is 95.0 Å². The highest BCUT2D eigenvalue weighted by molar-refractivity contribution is 6.17. The van der Waals surface area contributed by atoms with Crippen LogP contribution < -0.4 is 4.90 Å². The average Bonchev–Trinajstić information content (AvgIpc) is 3.77. The molecule has 11 rings (SSSR count). The van der Waals surface area contributed by atoms with Crippen molar-refractivity contribution < 1.29 is 8.83 Å². The van der Waals surface area contributed by atoms with Crippen molar-refractivity contribution >= 4 is 93.3 Å². The fourth-order valence-electron chi connectivity index (χ4n) is 7.75. The molecule has 238 valence electrons. The normalized spacial score (nSPS) is 11.9. The maximum Gasteiger partial charge on any atom is 0.143 e. The predicted octanol–water partition coefficient (Wildman–Crippen LogP) is 13.5. The summed E-state index contributed by atoms with van der Waals surface area (Å²) in [6, 6.07) is 57.7. The average molecular weight is 653 g/mol. The fraction of sp³-hybridized carbons (Fsp3) is 0.